The minimum Gasteiger partial charge on any atom is -0.462 e. The third kappa shape index (κ3) is 10.4. The first-order valence-electron chi connectivity index (χ1n) is 10.5. The average Bonchev–Trinajstić information content (AvgIpc) is 2.83. The van der Waals surface area contributed by atoms with E-state index in [1.54, 1.807) is 6.92 Å². The third-order valence-electron chi connectivity index (χ3n) is 4.16. The predicted molar refractivity (Wildman–Crippen MR) is 137 cm³/mol. The van der Waals surface area contributed by atoms with E-state index in [1.807, 2.05) is 0 Å². The number of benzene rings is 2. The lowest BCUT2D eigenvalue weighted by Gasteiger charge is -2.27. The molecule has 0 unspecified atom stereocenters. The van der Waals surface area contributed by atoms with E-state index < -0.39 is 43.3 Å². The molecule has 0 radical (unpaired) electrons. The Bertz CT molecular complexity index is 1140. The van der Waals surface area contributed by atoms with Gasteiger partial charge in [-0.1, -0.05) is 40.9 Å². The molecule has 14 heteroatoms. The van der Waals surface area contributed by atoms with E-state index in [4.69, 9.17) is 48.1 Å². The number of rotatable bonds is 13. The Morgan fingerprint density at radius 3 is 2.11 bits per heavy atom. The van der Waals surface area contributed by atoms with Gasteiger partial charge >= 0.3 is 13.6 Å². The smallest absolute Gasteiger partial charge is 0.450 e. The number of hydrogen-bond acceptors (Lipinski definition) is 8. The second-order valence-electron chi connectivity index (χ2n) is 6.96. The summed E-state index contributed by atoms with van der Waals surface area (Å²) >= 11 is 12.7. The van der Waals surface area contributed by atoms with Crippen LogP contribution in [0.15, 0.2) is 36.4 Å². The molecule has 0 aliphatic carbocycles. The molecule has 0 fully saturated rings. The van der Waals surface area contributed by atoms with Crippen LogP contribution < -0.4 is 9.05 Å². The number of hydrogen-bond donors (Lipinski definition) is 0. The fourth-order valence-corrected chi connectivity index (χ4v) is 5.46. The molecule has 0 bridgehead atoms. The highest BCUT2D eigenvalue weighted by atomic mass is 35.5. The fraction of sp³-hybridized carbons (Fsp3) is 0.304. The minimum absolute atomic E-state index is 0.0473. The lowest BCUT2D eigenvalue weighted by molar-refractivity contribution is -0.145. The van der Waals surface area contributed by atoms with Gasteiger partial charge in [-0.3, -0.25) is 9.59 Å². The molecule has 200 valence electrons. The van der Waals surface area contributed by atoms with Crippen molar-refractivity contribution < 1.29 is 41.5 Å². The third-order valence-corrected chi connectivity index (χ3v) is 7.20. The van der Waals surface area contributed by atoms with Crippen molar-refractivity contribution in [1.29, 1.82) is 0 Å². The van der Waals surface area contributed by atoms with Crippen molar-refractivity contribution in [3.63, 3.8) is 0 Å². The number of nitrogens with zero attached hydrogens (tertiary/aromatic N) is 1. The number of esters is 1. The molecule has 0 saturated carbocycles. The van der Waals surface area contributed by atoms with Gasteiger partial charge in [0.15, 0.2) is 0 Å². The highest BCUT2D eigenvalue weighted by molar-refractivity contribution is 8.13. The van der Waals surface area contributed by atoms with E-state index in [2.05, 4.69) is 5.92 Å². The molecule has 0 heterocycles. The van der Waals surface area contributed by atoms with Crippen molar-refractivity contribution in [2.45, 2.75) is 6.92 Å². The van der Waals surface area contributed by atoms with Crippen LogP contribution in [0.2, 0.25) is 10.0 Å². The summed E-state index contributed by atoms with van der Waals surface area (Å²) in [6.45, 7) is 1.60. The van der Waals surface area contributed by atoms with Crippen molar-refractivity contribution >= 4 is 53.8 Å². The summed E-state index contributed by atoms with van der Waals surface area (Å²) in [7, 11) is -4.49. The van der Waals surface area contributed by atoms with Gasteiger partial charge in [-0.15, -0.1) is 6.42 Å². The molecule has 1 amide bonds. The Kier molecular flexibility index (Phi) is 12.5. The van der Waals surface area contributed by atoms with Crippen LogP contribution in [0.5, 0.6) is 11.5 Å². The lowest BCUT2D eigenvalue weighted by Crippen LogP contribution is -2.36. The van der Waals surface area contributed by atoms with Crippen molar-refractivity contribution in [3.05, 3.63) is 58.1 Å². The molecule has 2 aromatic carbocycles. The van der Waals surface area contributed by atoms with Crippen LogP contribution in [-0.2, 0) is 18.8 Å². The van der Waals surface area contributed by atoms with Gasteiger partial charge in [0.2, 0.25) is 0 Å². The Morgan fingerprint density at radius 2 is 1.62 bits per heavy atom. The molecule has 37 heavy (non-hydrogen) atoms. The molecule has 0 aromatic heterocycles. The van der Waals surface area contributed by atoms with E-state index in [1.165, 1.54) is 0 Å². The van der Waals surface area contributed by atoms with Crippen LogP contribution in [0.4, 0.5) is 13.6 Å². The number of ether oxygens (including phenoxy) is 2. The summed E-state index contributed by atoms with van der Waals surface area (Å²) in [5, 5.41) is -1.23. The van der Waals surface area contributed by atoms with Crippen LogP contribution in [0.1, 0.15) is 6.92 Å². The maximum atomic E-state index is 13.9. The van der Waals surface area contributed by atoms with Crippen molar-refractivity contribution in [1.82, 2.24) is 4.90 Å². The van der Waals surface area contributed by atoms with Crippen LogP contribution >= 0.6 is 42.6 Å². The first kappa shape index (κ1) is 30.7. The molecule has 0 N–H and O–H groups in total. The minimum atomic E-state index is -4.49. The lowest BCUT2D eigenvalue weighted by atomic mass is 10.3. The van der Waals surface area contributed by atoms with Gasteiger partial charge in [-0.05, 0) is 43.3 Å². The monoisotopic (exact) mass is 595 g/mol. The zero-order chi connectivity index (χ0) is 27.4. The largest absolute Gasteiger partial charge is 0.462 e. The predicted octanol–water partition coefficient (Wildman–Crippen LogP) is 6.25. The van der Waals surface area contributed by atoms with Crippen molar-refractivity contribution in [3.8, 4) is 23.8 Å². The van der Waals surface area contributed by atoms with Crippen LogP contribution in [-0.4, -0.2) is 54.5 Å². The molecule has 0 aliphatic heterocycles. The first-order valence-corrected chi connectivity index (χ1v) is 14.0. The Morgan fingerprint density at radius 1 is 1.05 bits per heavy atom. The fourth-order valence-electron chi connectivity index (χ4n) is 2.61. The molecular weight excluding hydrogens is 574 g/mol. The molecule has 0 saturated heterocycles. The quantitative estimate of drug-likeness (QED) is 0.116. The maximum absolute atomic E-state index is 13.9. The standard InChI is InChI=1S/C23H22Cl2F2NO7PS/c1-3-11-37-23(30)28(14-22(29)33-10-9-32-4-2)15-36(31,34-20-7-5-16(26)12-18(20)24)35-21-8-6-17(27)13-19(21)25/h1,5-8,12-13H,4,9-11,14-15H2,2H3. The Hall–Kier alpha value is -2.48. The number of halogens is 4. The number of terminal acetylenes is 1. The topological polar surface area (TPSA) is 91.4 Å². The molecular formula is C23H22Cl2F2NO7PS. The Balaban J connectivity index is 2.37. The van der Waals surface area contributed by atoms with Crippen LogP contribution in [0.3, 0.4) is 0 Å². The second kappa shape index (κ2) is 15.1. The molecule has 0 aliphatic rings. The zero-order valence-electron chi connectivity index (χ0n) is 19.5. The second-order valence-corrected chi connectivity index (χ2v) is 10.6. The number of thioether (sulfide) groups is 1. The van der Waals surface area contributed by atoms with E-state index in [0.717, 1.165) is 41.3 Å². The summed E-state index contributed by atoms with van der Waals surface area (Å²) in [5.41, 5.74) is 0. The molecule has 2 aromatic rings. The maximum Gasteiger partial charge on any atom is 0.450 e. The number of carbonyl (C=O) groups excluding carboxylic acids is 2. The van der Waals surface area contributed by atoms with Gasteiger partial charge in [0.25, 0.3) is 5.24 Å². The van der Waals surface area contributed by atoms with Gasteiger partial charge in [0, 0.05) is 6.61 Å². The summed E-state index contributed by atoms with van der Waals surface area (Å²) < 4.78 is 62.2. The summed E-state index contributed by atoms with van der Waals surface area (Å²) in [6.07, 6.45) is 4.42. The number of amides is 1. The van der Waals surface area contributed by atoms with E-state index >= 15 is 0 Å². The molecule has 0 spiro atoms. The van der Waals surface area contributed by atoms with E-state index in [9.17, 15) is 22.9 Å². The van der Waals surface area contributed by atoms with Gasteiger partial charge in [0.1, 0.15) is 42.6 Å². The molecule has 8 nitrogen and oxygen atoms in total. The Labute approximate surface area is 227 Å². The average molecular weight is 596 g/mol. The van der Waals surface area contributed by atoms with Crippen molar-refractivity contribution in [2.24, 2.45) is 0 Å². The van der Waals surface area contributed by atoms with Gasteiger partial charge in [0.05, 0.1) is 22.4 Å². The van der Waals surface area contributed by atoms with Gasteiger partial charge < -0.3 is 23.4 Å². The number of carbonyl (C=O) groups is 2. The van der Waals surface area contributed by atoms with Crippen LogP contribution in [0, 0.1) is 24.0 Å². The summed E-state index contributed by atoms with van der Waals surface area (Å²) in [4.78, 5) is 26.0. The van der Waals surface area contributed by atoms with Crippen LogP contribution in [0.25, 0.3) is 0 Å². The first-order chi connectivity index (χ1) is 17.6. The summed E-state index contributed by atoms with van der Waals surface area (Å²) in [5.74, 6) is -0.474. The SMILES string of the molecule is C#CCSC(=O)N(CC(=O)OCCOCC)CP(=O)(Oc1ccc(F)cc1Cl)Oc1ccc(F)cc1Cl. The molecule has 2 rings (SSSR count). The highest BCUT2D eigenvalue weighted by Gasteiger charge is 2.36. The highest BCUT2D eigenvalue weighted by Crippen LogP contribution is 2.52. The summed E-state index contributed by atoms with van der Waals surface area (Å²) in [6, 6.07) is 6.01. The normalized spacial score (nSPS) is 10.9. The van der Waals surface area contributed by atoms with E-state index in [0.29, 0.717) is 18.4 Å². The van der Waals surface area contributed by atoms with E-state index in [-0.39, 0.29) is 40.5 Å². The zero-order valence-corrected chi connectivity index (χ0v) is 22.7. The molecule has 0 atom stereocenters. The van der Waals surface area contributed by atoms with Gasteiger partial charge in [-0.25, -0.2) is 13.3 Å². The van der Waals surface area contributed by atoms with Gasteiger partial charge in [-0.2, -0.15) is 0 Å². The van der Waals surface area contributed by atoms with Crippen molar-refractivity contribution in [2.75, 3.05) is 38.4 Å².